The van der Waals surface area contributed by atoms with Gasteiger partial charge in [0.05, 0.1) is 11.4 Å². The zero-order valence-electron chi connectivity index (χ0n) is 12.4. The summed E-state index contributed by atoms with van der Waals surface area (Å²) in [5.41, 5.74) is 0. The molecule has 132 valence electrons. The lowest BCUT2D eigenvalue weighted by Gasteiger charge is -2.19. The zero-order chi connectivity index (χ0) is 17.9. The Bertz CT molecular complexity index is 378. The Kier molecular flexibility index (Phi) is 12.7. The molecule has 11 heteroatoms. The average molecular weight is 361 g/mol. The number of amides is 1. The molecule has 3 unspecified atom stereocenters. The van der Waals surface area contributed by atoms with Crippen molar-refractivity contribution in [2.75, 3.05) is 0 Å². The van der Waals surface area contributed by atoms with Gasteiger partial charge in [-0.15, -0.1) is 0 Å². The van der Waals surface area contributed by atoms with E-state index in [1.54, 1.807) is 0 Å². The summed E-state index contributed by atoms with van der Waals surface area (Å²) in [6.07, 6.45) is 2.42. The van der Waals surface area contributed by atoms with E-state index in [2.05, 4.69) is 24.9 Å². The molecule has 0 saturated heterocycles. The quantitative estimate of drug-likeness (QED) is 0.179. The molecule has 0 heterocycles. The van der Waals surface area contributed by atoms with Gasteiger partial charge < -0.3 is 30.2 Å². The normalized spacial score (nSPS) is 15.0. The van der Waals surface area contributed by atoms with Crippen molar-refractivity contribution in [2.24, 2.45) is 0 Å². The van der Waals surface area contributed by atoms with E-state index in [4.69, 9.17) is 24.4 Å². The summed E-state index contributed by atoms with van der Waals surface area (Å²) < 4.78 is 8.88. The van der Waals surface area contributed by atoms with Gasteiger partial charge in [0.1, 0.15) is 0 Å². The largest absolute Gasteiger partial charge is 0.480 e. The van der Waals surface area contributed by atoms with E-state index in [1.165, 1.54) is 6.92 Å². The highest BCUT2D eigenvalue weighted by atomic mass is 32.1. The van der Waals surface area contributed by atoms with Crippen molar-refractivity contribution in [3.63, 3.8) is 0 Å². The number of thiol groups is 1. The van der Waals surface area contributed by atoms with Crippen molar-refractivity contribution in [3.05, 3.63) is 0 Å². The number of aliphatic hydroxyl groups excluding tert-OH is 1. The van der Waals surface area contributed by atoms with E-state index in [0.29, 0.717) is 6.42 Å². The van der Waals surface area contributed by atoms with Crippen LogP contribution in [-0.4, -0.2) is 54.2 Å². The smallest absolute Gasteiger partial charge is 0.466 e. The van der Waals surface area contributed by atoms with Crippen LogP contribution in [0.5, 0.6) is 0 Å². The second-order valence-corrected chi connectivity index (χ2v) is 6.24. The van der Waals surface area contributed by atoms with Crippen LogP contribution in [0.1, 0.15) is 39.5 Å². The molecule has 0 spiro atoms. The lowest BCUT2D eigenvalue weighted by Crippen LogP contribution is -2.49. The van der Waals surface area contributed by atoms with Crippen molar-refractivity contribution in [1.82, 2.24) is 5.32 Å². The fraction of sp³-hybridized carbons (Fsp3) is 0.818. The number of carboxylic acid groups (broad SMARTS) is 1. The average Bonchev–Trinajstić information content (AvgIpc) is 2.32. The Morgan fingerprint density at radius 2 is 1.68 bits per heavy atom. The molecule has 3 atom stereocenters. The predicted molar refractivity (Wildman–Crippen MR) is 82.4 cm³/mol. The second kappa shape index (κ2) is 11.9. The molecule has 0 saturated carbocycles. The molecule has 0 fully saturated rings. The topological polar surface area (TPSA) is 164 Å². The summed E-state index contributed by atoms with van der Waals surface area (Å²) in [6.45, 7) is 3.38. The molecule has 0 aliphatic carbocycles. The van der Waals surface area contributed by atoms with Gasteiger partial charge in [-0.1, -0.05) is 26.2 Å². The van der Waals surface area contributed by atoms with E-state index in [9.17, 15) is 14.7 Å². The highest BCUT2D eigenvalue weighted by molar-refractivity contribution is 7.81. The summed E-state index contributed by atoms with van der Waals surface area (Å²) >= 11 is 4.12. The third kappa shape index (κ3) is 15.7. The monoisotopic (exact) mass is 361 g/mol. The van der Waals surface area contributed by atoms with Crippen LogP contribution >= 0.6 is 20.5 Å². The number of unbranched alkanes of at least 4 members (excludes halogenated alkanes) is 2. The molecule has 1 amide bonds. The fourth-order valence-electron chi connectivity index (χ4n) is 1.36. The zero-order valence-corrected chi connectivity index (χ0v) is 14.2. The number of rotatable bonds is 8. The van der Waals surface area contributed by atoms with Gasteiger partial charge in [0, 0.05) is 0 Å². The standard InChI is InChI=1S/C11H21NO4S.H3O4P/c1-3-4-5-6-8(17)10(14)12-9(7(2)13)11(15)16;1-5(2,3)4/h7-9,13,17H,3-6H2,1-2H3,(H,12,14)(H,15,16);(H3,1,2,3,4). The van der Waals surface area contributed by atoms with Crippen LogP contribution in [0.2, 0.25) is 0 Å². The molecule has 0 aromatic rings. The van der Waals surface area contributed by atoms with Crippen LogP contribution in [0.3, 0.4) is 0 Å². The summed E-state index contributed by atoms with van der Waals surface area (Å²) in [7, 11) is -4.64. The molecule has 0 aliphatic rings. The van der Waals surface area contributed by atoms with Gasteiger partial charge in [-0.05, 0) is 13.3 Å². The van der Waals surface area contributed by atoms with Gasteiger partial charge in [0.25, 0.3) is 0 Å². The molecule has 22 heavy (non-hydrogen) atoms. The minimum Gasteiger partial charge on any atom is -0.480 e. The lowest BCUT2D eigenvalue weighted by atomic mass is 10.1. The van der Waals surface area contributed by atoms with E-state index < -0.39 is 37.1 Å². The molecule has 0 aromatic heterocycles. The Morgan fingerprint density at radius 1 is 1.23 bits per heavy atom. The van der Waals surface area contributed by atoms with E-state index in [-0.39, 0.29) is 0 Å². The first kappa shape index (κ1) is 23.6. The van der Waals surface area contributed by atoms with Crippen LogP contribution in [-0.2, 0) is 14.2 Å². The van der Waals surface area contributed by atoms with E-state index in [1.807, 2.05) is 0 Å². The maximum atomic E-state index is 11.6. The molecule has 6 N–H and O–H groups in total. The first-order valence-corrected chi connectivity index (χ1v) is 8.65. The third-order valence-corrected chi connectivity index (χ3v) is 2.92. The molecular weight excluding hydrogens is 337 g/mol. The molecule has 9 nitrogen and oxygen atoms in total. The predicted octanol–water partition coefficient (Wildman–Crippen LogP) is -0.113. The number of carboxylic acids is 1. The van der Waals surface area contributed by atoms with Crippen molar-refractivity contribution in [3.8, 4) is 0 Å². The second-order valence-electron chi connectivity index (χ2n) is 4.59. The minimum absolute atomic E-state index is 0.447. The van der Waals surface area contributed by atoms with Crippen LogP contribution in [0.25, 0.3) is 0 Å². The van der Waals surface area contributed by atoms with Crippen LogP contribution in [0.15, 0.2) is 0 Å². The Morgan fingerprint density at radius 3 is 2.00 bits per heavy atom. The van der Waals surface area contributed by atoms with Gasteiger partial charge >= 0.3 is 13.8 Å². The summed E-state index contributed by atoms with van der Waals surface area (Å²) in [6, 6.07) is -1.27. The number of phosphoric acid groups is 1. The van der Waals surface area contributed by atoms with Crippen molar-refractivity contribution >= 4 is 32.3 Å². The van der Waals surface area contributed by atoms with Gasteiger partial charge in [0.2, 0.25) is 5.91 Å². The van der Waals surface area contributed by atoms with Crippen LogP contribution in [0.4, 0.5) is 0 Å². The van der Waals surface area contributed by atoms with Crippen molar-refractivity contribution < 1.29 is 39.0 Å². The Hall–Kier alpha value is -0.640. The fourth-order valence-corrected chi connectivity index (χ4v) is 1.61. The van der Waals surface area contributed by atoms with E-state index >= 15 is 0 Å². The number of hydrogen-bond acceptors (Lipinski definition) is 5. The number of aliphatic carboxylic acids is 1. The molecule has 0 radical (unpaired) electrons. The van der Waals surface area contributed by atoms with E-state index in [0.717, 1.165) is 19.3 Å². The summed E-state index contributed by atoms with van der Waals surface area (Å²) in [5.74, 6) is -1.69. The molecular formula is C11H24NO8PS. The maximum absolute atomic E-state index is 11.6. The van der Waals surface area contributed by atoms with Gasteiger partial charge in [-0.2, -0.15) is 12.6 Å². The number of nitrogens with one attached hydrogen (secondary N) is 1. The lowest BCUT2D eigenvalue weighted by molar-refractivity contribution is -0.144. The highest BCUT2D eigenvalue weighted by Crippen LogP contribution is 2.25. The van der Waals surface area contributed by atoms with Crippen LogP contribution in [0, 0.1) is 0 Å². The molecule has 0 aromatic carbocycles. The molecule has 0 aliphatic heterocycles. The van der Waals surface area contributed by atoms with Crippen molar-refractivity contribution in [1.29, 1.82) is 0 Å². The number of aliphatic hydroxyl groups is 1. The first-order chi connectivity index (χ1) is 9.90. The van der Waals surface area contributed by atoms with Gasteiger partial charge in [-0.3, -0.25) is 4.79 Å². The Balaban J connectivity index is 0. The summed E-state index contributed by atoms with van der Waals surface area (Å²) in [4.78, 5) is 43.9. The van der Waals surface area contributed by atoms with Gasteiger partial charge in [-0.25, -0.2) is 9.36 Å². The first-order valence-electron chi connectivity index (χ1n) is 6.57. The van der Waals surface area contributed by atoms with Crippen LogP contribution < -0.4 is 5.32 Å². The van der Waals surface area contributed by atoms with Gasteiger partial charge in [0.15, 0.2) is 6.04 Å². The molecule has 0 bridgehead atoms. The summed E-state index contributed by atoms with van der Waals surface area (Å²) in [5, 5.41) is 19.7. The highest BCUT2D eigenvalue weighted by Gasteiger charge is 2.26. The SMILES string of the molecule is CCCCCC(S)C(=O)NC(C(=O)O)C(C)O.O=P(O)(O)O. The van der Waals surface area contributed by atoms with Crippen molar-refractivity contribution in [2.45, 2.75) is 56.9 Å². The number of carbonyl (C=O) groups excluding carboxylic acids is 1. The number of carbonyl (C=O) groups is 2. The molecule has 0 rings (SSSR count). The maximum Gasteiger partial charge on any atom is 0.466 e. The minimum atomic E-state index is -4.64. The third-order valence-electron chi connectivity index (χ3n) is 2.43. The number of hydrogen-bond donors (Lipinski definition) is 7. The Labute approximate surface area is 134 Å².